The minimum atomic E-state index is -4.58. The second-order valence-electron chi connectivity index (χ2n) is 7.15. The van der Waals surface area contributed by atoms with Gasteiger partial charge in [0.15, 0.2) is 5.69 Å². The van der Waals surface area contributed by atoms with Gasteiger partial charge in [-0.15, -0.1) is 0 Å². The molecule has 0 saturated carbocycles. The summed E-state index contributed by atoms with van der Waals surface area (Å²) in [5.74, 6) is -0.646. The molecule has 1 saturated heterocycles. The highest BCUT2D eigenvalue weighted by Crippen LogP contribution is 2.33. The molecule has 0 bridgehead atoms. The van der Waals surface area contributed by atoms with E-state index in [4.69, 9.17) is 0 Å². The van der Waals surface area contributed by atoms with Crippen molar-refractivity contribution >= 4 is 11.7 Å². The number of aryl methyl sites for hydroxylation is 1. The number of carbonyl (C=O) groups is 1. The highest BCUT2D eigenvalue weighted by atomic mass is 19.4. The summed E-state index contributed by atoms with van der Waals surface area (Å²) in [5, 5.41) is 10.6. The number of H-pyrrole nitrogens is 1. The van der Waals surface area contributed by atoms with E-state index in [-0.39, 0.29) is 29.8 Å². The minimum Gasteiger partial charge on any atom is -0.337 e. The van der Waals surface area contributed by atoms with Crippen molar-refractivity contribution in [1.29, 1.82) is 0 Å². The average Bonchev–Trinajstić information content (AvgIpc) is 3.35. The van der Waals surface area contributed by atoms with E-state index in [1.54, 1.807) is 11.0 Å². The van der Waals surface area contributed by atoms with Crippen LogP contribution in [0.3, 0.4) is 0 Å². The number of halogens is 3. The number of aromatic amines is 1. The maximum atomic E-state index is 13.4. The fourth-order valence-corrected chi connectivity index (χ4v) is 3.68. The normalized spacial score (nSPS) is 17.8. The molecule has 1 N–H and O–H groups in total. The van der Waals surface area contributed by atoms with Gasteiger partial charge in [0.05, 0.1) is 5.69 Å². The number of aromatic nitrogens is 6. The molecule has 3 aromatic heterocycles. The van der Waals surface area contributed by atoms with Gasteiger partial charge in [0, 0.05) is 24.7 Å². The molecule has 0 aromatic carbocycles. The number of carbonyl (C=O) groups excluding carboxylic acids is 1. The molecule has 29 heavy (non-hydrogen) atoms. The molecule has 4 heterocycles. The molecule has 4 rings (SSSR count). The number of rotatable bonds is 4. The summed E-state index contributed by atoms with van der Waals surface area (Å²) in [6.45, 7) is 2.85. The van der Waals surface area contributed by atoms with Crippen molar-refractivity contribution in [3.63, 3.8) is 0 Å². The fourth-order valence-electron chi connectivity index (χ4n) is 3.68. The predicted octanol–water partition coefficient (Wildman–Crippen LogP) is 2.84. The van der Waals surface area contributed by atoms with Crippen LogP contribution in [0.4, 0.5) is 13.2 Å². The standard InChI is InChI=1S/C18H20F3N7O/c1-2-4-12-7-14(26-25-12)16(29)27-6-3-5-11(9-27)13-8-15(18(19,20)21)28-17(24-13)22-10-23-28/h7-8,10-11H,2-6,9H2,1H3,(H,25,26)/t11-/m0/s1. The van der Waals surface area contributed by atoms with E-state index in [0.29, 0.717) is 29.6 Å². The summed E-state index contributed by atoms with van der Waals surface area (Å²) < 4.78 is 41.0. The number of piperidine rings is 1. The van der Waals surface area contributed by atoms with Crippen LogP contribution in [0, 0.1) is 0 Å². The molecule has 3 aromatic rings. The van der Waals surface area contributed by atoms with E-state index < -0.39 is 11.9 Å². The number of hydrogen-bond acceptors (Lipinski definition) is 5. The zero-order valence-corrected chi connectivity index (χ0v) is 15.8. The largest absolute Gasteiger partial charge is 0.433 e. The third-order valence-corrected chi connectivity index (χ3v) is 5.06. The van der Waals surface area contributed by atoms with Crippen LogP contribution in [-0.4, -0.2) is 53.7 Å². The third-order valence-electron chi connectivity index (χ3n) is 5.06. The molecule has 1 amide bonds. The van der Waals surface area contributed by atoms with Gasteiger partial charge < -0.3 is 4.90 Å². The van der Waals surface area contributed by atoms with E-state index in [9.17, 15) is 18.0 Å². The highest BCUT2D eigenvalue weighted by Gasteiger charge is 2.37. The van der Waals surface area contributed by atoms with Crippen LogP contribution in [0.1, 0.15) is 59.7 Å². The van der Waals surface area contributed by atoms with Crippen molar-refractivity contribution < 1.29 is 18.0 Å². The lowest BCUT2D eigenvalue weighted by Gasteiger charge is -2.32. The molecule has 0 radical (unpaired) electrons. The average molecular weight is 407 g/mol. The number of likely N-dealkylation sites (tertiary alicyclic amines) is 1. The van der Waals surface area contributed by atoms with Gasteiger partial charge in [-0.25, -0.2) is 4.98 Å². The number of alkyl halides is 3. The van der Waals surface area contributed by atoms with Crippen molar-refractivity contribution in [2.24, 2.45) is 0 Å². The zero-order valence-electron chi connectivity index (χ0n) is 15.8. The molecule has 0 unspecified atom stereocenters. The Kier molecular flexibility index (Phi) is 4.97. The van der Waals surface area contributed by atoms with Gasteiger partial charge in [-0.1, -0.05) is 13.3 Å². The fraction of sp³-hybridized carbons (Fsp3) is 0.500. The lowest BCUT2D eigenvalue weighted by molar-refractivity contribution is -0.142. The van der Waals surface area contributed by atoms with Gasteiger partial charge in [-0.05, 0) is 31.4 Å². The predicted molar refractivity (Wildman–Crippen MR) is 96.2 cm³/mol. The van der Waals surface area contributed by atoms with Crippen molar-refractivity contribution in [1.82, 2.24) is 34.7 Å². The van der Waals surface area contributed by atoms with E-state index in [0.717, 1.165) is 30.9 Å². The number of nitrogens with zero attached hydrogens (tertiary/aromatic N) is 6. The summed E-state index contributed by atoms with van der Waals surface area (Å²) in [6.07, 6.45) is -0.503. The van der Waals surface area contributed by atoms with Crippen LogP contribution < -0.4 is 0 Å². The molecule has 8 nitrogen and oxygen atoms in total. The first kappa shape index (κ1) is 19.3. The third kappa shape index (κ3) is 3.81. The van der Waals surface area contributed by atoms with Crippen molar-refractivity contribution in [3.8, 4) is 0 Å². The molecule has 1 atom stereocenters. The Morgan fingerprint density at radius 1 is 1.34 bits per heavy atom. The second-order valence-corrected chi connectivity index (χ2v) is 7.15. The number of hydrogen-bond donors (Lipinski definition) is 1. The summed E-state index contributed by atoms with van der Waals surface area (Å²) in [7, 11) is 0. The lowest BCUT2D eigenvalue weighted by atomic mass is 9.94. The second kappa shape index (κ2) is 7.45. The quantitative estimate of drug-likeness (QED) is 0.718. The topological polar surface area (TPSA) is 92.1 Å². The van der Waals surface area contributed by atoms with Crippen LogP contribution in [0.5, 0.6) is 0 Å². The van der Waals surface area contributed by atoms with E-state index >= 15 is 0 Å². The molecule has 0 aliphatic carbocycles. The molecular weight excluding hydrogens is 387 g/mol. The SMILES string of the molecule is CCCc1cc(C(=O)N2CCC[C@H](c3cc(C(F)(F)F)n4ncnc4n3)C2)n[nH]1. The maximum absolute atomic E-state index is 13.4. The smallest absolute Gasteiger partial charge is 0.337 e. The first-order valence-corrected chi connectivity index (χ1v) is 9.48. The first-order chi connectivity index (χ1) is 13.9. The van der Waals surface area contributed by atoms with Gasteiger partial charge in [0.25, 0.3) is 11.7 Å². The number of fused-ring (bicyclic) bond motifs is 1. The summed E-state index contributed by atoms with van der Waals surface area (Å²) >= 11 is 0. The molecular formula is C18H20F3N7O. The Labute approximate surface area is 164 Å². The van der Waals surface area contributed by atoms with Crippen LogP contribution in [0.2, 0.25) is 0 Å². The van der Waals surface area contributed by atoms with Crippen LogP contribution in [0.25, 0.3) is 5.78 Å². The van der Waals surface area contributed by atoms with Gasteiger partial charge >= 0.3 is 6.18 Å². The molecule has 1 aliphatic rings. The zero-order chi connectivity index (χ0) is 20.6. The van der Waals surface area contributed by atoms with Gasteiger partial charge in [-0.2, -0.15) is 32.9 Å². The number of amides is 1. The first-order valence-electron chi connectivity index (χ1n) is 9.48. The Balaban J connectivity index is 1.59. The number of nitrogens with one attached hydrogen (secondary N) is 1. The lowest BCUT2D eigenvalue weighted by Crippen LogP contribution is -2.39. The van der Waals surface area contributed by atoms with E-state index in [2.05, 4.69) is 25.3 Å². The van der Waals surface area contributed by atoms with Gasteiger partial charge in [-0.3, -0.25) is 9.89 Å². The summed E-state index contributed by atoms with van der Waals surface area (Å²) in [6, 6.07) is 2.74. The Morgan fingerprint density at radius 2 is 2.17 bits per heavy atom. The molecule has 0 spiro atoms. The molecule has 154 valence electrons. The van der Waals surface area contributed by atoms with Crippen LogP contribution in [0.15, 0.2) is 18.5 Å². The Bertz CT molecular complexity index is 1030. The van der Waals surface area contributed by atoms with Crippen LogP contribution >= 0.6 is 0 Å². The Morgan fingerprint density at radius 3 is 2.93 bits per heavy atom. The molecule has 1 fully saturated rings. The minimum absolute atomic E-state index is 0.102. The van der Waals surface area contributed by atoms with E-state index in [1.807, 2.05) is 6.92 Å². The summed E-state index contributed by atoms with van der Waals surface area (Å²) in [4.78, 5) is 22.5. The van der Waals surface area contributed by atoms with Crippen molar-refractivity contribution in [2.75, 3.05) is 13.1 Å². The highest BCUT2D eigenvalue weighted by molar-refractivity contribution is 5.92. The molecule has 11 heteroatoms. The Hall–Kier alpha value is -2.98. The van der Waals surface area contributed by atoms with E-state index in [1.165, 1.54) is 0 Å². The van der Waals surface area contributed by atoms with Crippen molar-refractivity contribution in [3.05, 3.63) is 41.2 Å². The summed E-state index contributed by atoms with van der Waals surface area (Å²) in [5.41, 5.74) is 0.558. The van der Waals surface area contributed by atoms with Gasteiger partial charge in [0.2, 0.25) is 0 Å². The van der Waals surface area contributed by atoms with Gasteiger partial charge in [0.1, 0.15) is 12.0 Å². The molecule has 1 aliphatic heterocycles. The monoisotopic (exact) mass is 407 g/mol. The van der Waals surface area contributed by atoms with Crippen molar-refractivity contribution in [2.45, 2.75) is 44.7 Å². The maximum Gasteiger partial charge on any atom is 0.433 e. The van der Waals surface area contributed by atoms with Crippen LogP contribution in [-0.2, 0) is 12.6 Å².